The van der Waals surface area contributed by atoms with Crippen LogP contribution in [0.2, 0.25) is 0 Å². The highest BCUT2D eigenvalue weighted by molar-refractivity contribution is 7.92. The van der Waals surface area contributed by atoms with Gasteiger partial charge in [0.1, 0.15) is 11.4 Å². The lowest BCUT2D eigenvalue weighted by Crippen LogP contribution is -2.50. The van der Waals surface area contributed by atoms with Crippen molar-refractivity contribution in [3.05, 3.63) is 34.7 Å². The third-order valence-electron chi connectivity index (χ3n) is 6.74. The van der Waals surface area contributed by atoms with Crippen molar-refractivity contribution >= 4 is 33.5 Å². The van der Waals surface area contributed by atoms with Gasteiger partial charge in [0.2, 0.25) is 10.0 Å². The van der Waals surface area contributed by atoms with Crippen molar-refractivity contribution in [2.45, 2.75) is 57.4 Å². The van der Waals surface area contributed by atoms with Crippen molar-refractivity contribution in [3.63, 3.8) is 0 Å². The number of amides is 1. The van der Waals surface area contributed by atoms with Crippen LogP contribution in [0.15, 0.2) is 28.6 Å². The van der Waals surface area contributed by atoms with Gasteiger partial charge in [0.15, 0.2) is 0 Å². The van der Waals surface area contributed by atoms with Crippen LogP contribution < -0.4 is 11.1 Å². The van der Waals surface area contributed by atoms with E-state index in [0.717, 1.165) is 29.8 Å². The van der Waals surface area contributed by atoms with E-state index < -0.39 is 15.6 Å². The molecule has 0 radical (unpaired) electrons. The Labute approximate surface area is 178 Å². The molecule has 3 aliphatic rings. The highest BCUT2D eigenvalue weighted by Gasteiger charge is 2.48. The molecule has 1 aromatic rings. The minimum Gasteiger partial charge on any atom is -0.398 e. The summed E-state index contributed by atoms with van der Waals surface area (Å²) < 4.78 is 27.1. The predicted molar refractivity (Wildman–Crippen MR) is 119 cm³/mol. The average molecular weight is 431 g/mol. The zero-order valence-electron chi connectivity index (χ0n) is 17.4. The lowest BCUT2D eigenvalue weighted by molar-refractivity contribution is -0.124. The molecule has 3 N–H and O–H groups in total. The number of nitrogen functional groups attached to an aromatic ring is 1. The van der Waals surface area contributed by atoms with Crippen LogP contribution in [0.4, 0.5) is 5.69 Å². The molecule has 162 valence electrons. The zero-order chi connectivity index (χ0) is 21.4. The highest BCUT2D eigenvalue weighted by atomic mass is 32.2. The van der Waals surface area contributed by atoms with E-state index in [1.54, 1.807) is 18.2 Å². The van der Waals surface area contributed by atoms with Crippen LogP contribution in [-0.2, 0) is 14.8 Å². The molecule has 8 heteroatoms. The Hall–Kier alpha value is -2.19. The van der Waals surface area contributed by atoms with Gasteiger partial charge in [-0.05, 0) is 55.9 Å². The number of nitrogens with zero attached hydrogens (tertiary/aromatic N) is 2. The molecule has 0 bridgehead atoms. The van der Waals surface area contributed by atoms with Gasteiger partial charge >= 0.3 is 0 Å². The van der Waals surface area contributed by atoms with Crippen LogP contribution >= 0.6 is 0 Å². The number of aliphatic imine (C=N–C) groups is 1. The monoisotopic (exact) mass is 430 g/mol. The second-order valence-corrected chi connectivity index (χ2v) is 10.4. The molecule has 1 saturated carbocycles. The van der Waals surface area contributed by atoms with E-state index >= 15 is 0 Å². The first-order valence-electron chi connectivity index (χ1n) is 10.8. The molecule has 0 unspecified atom stereocenters. The fraction of sp³-hybridized carbons (Fsp3) is 0.545. The third kappa shape index (κ3) is 4.03. The number of piperidine rings is 1. The van der Waals surface area contributed by atoms with E-state index in [9.17, 15) is 13.2 Å². The van der Waals surface area contributed by atoms with Crippen LogP contribution in [0.5, 0.6) is 0 Å². The maximum atomic E-state index is 12.8. The summed E-state index contributed by atoms with van der Waals surface area (Å²) in [5.41, 5.74) is 7.37. The second kappa shape index (κ2) is 8.15. The van der Waals surface area contributed by atoms with Gasteiger partial charge in [-0.2, -0.15) is 4.31 Å². The molecule has 2 aliphatic heterocycles. The summed E-state index contributed by atoms with van der Waals surface area (Å²) in [6.07, 6.45) is 8.17. The highest BCUT2D eigenvalue weighted by Crippen LogP contribution is 2.35. The second-order valence-electron chi connectivity index (χ2n) is 8.63. The maximum absolute atomic E-state index is 12.8. The van der Waals surface area contributed by atoms with E-state index in [0.29, 0.717) is 24.4 Å². The predicted octanol–water partition coefficient (Wildman–Crippen LogP) is 2.82. The summed E-state index contributed by atoms with van der Waals surface area (Å²) in [6, 6.07) is 5.44. The number of anilines is 1. The molecule has 1 saturated heterocycles. The smallest absolute Gasteiger partial charge is 0.253 e. The maximum Gasteiger partial charge on any atom is 0.253 e. The van der Waals surface area contributed by atoms with E-state index in [2.05, 4.69) is 5.32 Å². The Morgan fingerprint density at radius 2 is 1.90 bits per heavy atom. The quantitative estimate of drug-likeness (QED) is 0.717. The number of sulfonamides is 1. The minimum atomic E-state index is -3.58. The zero-order valence-corrected chi connectivity index (χ0v) is 18.2. The molecule has 1 spiro atoms. The number of carbonyl (C=O) groups excluding carboxylic acids is 1. The minimum absolute atomic E-state index is 0.0638. The first-order valence-corrected chi connectivity index (χ1v) is 12.3. The molecular formula is C22H30N4O3S. The SMILES string of the molecule is Cc1c(N)cccc1/C=C/S(=O)(=O)N1CCC2(CC1)N=C(C1CCCCC1)NC2=O. The van der Waals surface area contributed by atoms with Gasteiger partial charge in [-0.1, -0.05) is 31.4 Å². The van der Waals surface area contributed by atoms with E-state index in [4.69, 9.17) is 10.7 Å². The molecule has 0 atom stereocenters. The molecule has 7 nitrogen and oxygen atoms in total. The van der Waals surface area contributed by atoms with Gasteiger partial charge < -0.3 is 11.1 Å². The Bertz CT molecular complexity index is 986. The van der Waals surface area contributed by atoms with Gasteiger partial charge in [0, 0.05) is 30.1 Å². The normalized spacial score (nSPS) is 23.1. The number of amidine groups is 1. The summed E-state index contributed by atoms with van der Waals surface area (Å²) in [5, 5.41) is 4.25. The molecule has 1 aromatic carbocycles. The van der Waals surface area contributed by atoms with Crippen LogP contribution in [0, 0.1) is 12.8 Å². The van der Waals surface area contributed by atoms with Crippen LogP contribution in [-0.4, -0.2) is 43.1 Å². The fourth-order valence-corrected chi connectivity index (χ4v) is 5.84. The van der Waals surface area contributed by atoms with Crippen molar-refractivity contribution in [3.8, 4) is 0 Å². The van der Waals surface area contributed by atoms with Crippen molar-refractivity contribution in [1.82, 2.24) is 9.62 Å². The van der Waals surface area contributed by atoms with E-state index in [1.807, 2.05) is 13.0 Å². The number of carbonyl (C=O) groups is 1. The van der Waals surface area contributed by atoms with E-state index in [-0.39, 0.29) is 19.0 Å². The Balaban J connectivity index is 1.44. The third-order valence-corrected chi connectivity index (χ3v) is 8.30. The standard InChI is InChI=1S/C22H30N4O3S/c1-16-17(8-5-9-19(16)23)10-15-30(28,29)26-13-11-22(12-14-26)21(27)24-20(25-22)18-6-3-2-4-7-18/h5,8-10,15,18H,2-4,6-7,11-14,23H2,1H3,(H,24,25,27)/b15-10+. The Morgan fingerprint density at radius 1 is 1.20 bits per heavy atom. The number of hydrogen-bond acceptors (Lipinski definition) is 5. The van der Waals surface area contributed by atoms with Crippen LogP contribution in [0.25, 0.3) is 6.08 Å². The Morgan fingerprint density at radius 3 is 2.60 bits per heavy atom. The van der Waals surface area contributed by atoms with Gasteiger partial charge in [-0.25, -0.2) is 8.42 Å². The summed E-state index contributed by atoms with van der Waals surface area (Å²) >= 11 is 0. The number of nitrogens with one attached hydrogen (secondary N) is 1. The van der Waals surface area contributed by atoms with Crippen molar-refractivity contribution in [2.75, 3.05) is 18.8 Å². The molecule has 30 heavy (non-hydrogen) atoms. The van der Waals surface area contributed by atoms with Gasteiger partial charge in [0.25, 0.3) is 5.91 Å². The number of nitrogens with two attached hydrogens (primary N) is 1. The molecule has 1 amide bonds. The lowest BCUT2D eigenvalue weighted by Gasteiger charge is -2.34. The van der Waals surface area contributed by atoms with Crippen LogP contribution in [0.1, 0.15) is 56.1 Å². The van der Waals surface area contributed by atoms with Crippen molar-refractivity contribution in [2.24, 2.45) is 10.9 Å². The topological polar surface area (TPSA) is 105 Å². The summed E-state index contributed by atoms with van der Waals surface area (Å²) in [5.74, 6) is 1.10. The fourth-order valence-electron chi connectivity index (χ4n) is 4.66. The Kier molecular flexibility index (Phi) is 5.72. The largest absolute Gasteiger partial charge is 0.398 e. The molecule has 2 heterocycles. The summed E-state index contributed by atoms with van der Waals surface area (Å²) in [6.45, 7) is 2.45. The van der Waals surface area contributed by atoms with Gasteiger partial charge in [-0.15, -0.1) is 0 Å². The van der Waals surface area contributed by atoms with Crippen molar-refractivity contribution in [1.29, 1.82) is 0 Å². The number of benzene rings is 1. The van der Waals surface area contributed by atoms with Gasteiger partial charge in [-0.3, -0.25) is 9.79 Å². The lowest BCUT2D eigenvalue weighted by atomic mass is 9.88. The van der Waals surface area contributed by atoms with E-state index in [1.165, 1.54) is 29.0 Å². The summed E-state index contributed by atoms with van der Waals surface area (Å²) in [4.78, 5) is 17.5. The molecule has 1 aliphatic carbocycles. The number of rotatable bonds is 4. The molecule has 0 aromatic heterocycles. The molecule has 2 fully saturated rings. The van der Waals surface area contributed by atoms with Gasteiger partial charge in [0.05, 0.1) is 0 Å². The first kappa shape index (κ1) is 21.1. The number of hydrogen-bond donors (Lipinski definition) is 2. The molecular weight excluding hydrogens is 400 g/mol. The van der Waals surface area contributed by atoms with Crippen LogP contribution in [0.3, 0.4) is 0 Å². The summed E-state index contributed by atoms with van der Waals surface area (Å²) in [7, 11) is -3.58. The average Bonchev–Trinajstić information content (AvgIpc) is 3.06. The molecule has 4 rings (SSSR count). The first-order chi connectivity index (χ1) is 14.3. The van der Waals surface area contributed by atoms with Crippen molar-refractivity contribution < 1.29 is 13.2 Å².